The maximum absolute atomic E-state index is 12.2. The van der Waals surface area contributed by atoms with Crippen LogP contribution in [0.15, 0.2) is 62.5 Å². The van der Waals surface area contributed by atoms with Gasteiger partial charge in [-0.2, -0.15) is 4.99 Å². The Morgan fingerprint density at radius 3 is 2.38 bits per heavy atom. The van der Waals surface area contributed by atoms with E-state index in [9.17, 15) is 4.79 Å². The second-order valence-corrected chi connectivity index (χ2v) is 6.00. The molecule has 2 aromatic carbocycles. The van der Waals surface area contributed by atoms with E-state index in [2.05, 4.69) is 36.9 Å². The van der Waals surface area contributed by atoms with E-state index in [0.717, 1.165) is 14.5 Å². The van der Waals surface area contributed by atoms with Crippen molar-refractivity contribution in [1.82, 2.24) is 0 Å². The van der Waals surface area contributed by atoms with E-state index in [1.807, 2.05) is 37.3 Å². The smallest absolute Gasteiger partial charge is 0.280 e. The number of rotatable bonds is 3. The lowest BCUT2D eigenvalue weighted by Gasteiger charge is -2.07. The third-order valence-corrected chi connectivity index (χ3v) is 3.67. The summed E-state index contributed by atoms with van der Waals surface area (Å²) >= 11 is 6.72. The van der Waals surface area contributed by atoms with E-state index < -0.39 is 0 Å². The third-order valence-electron chi connectivity index (χ3n) is 2.65. The number of amides is 1. The lowest BCUT2D eigenvalue weighted by molar-refractivity contribution is 0.0999. The van der Waals surface area contributed by atoms with E-state index in [-0.39, 0.29) is 5.91 Å². The maximum atomic E-state index is 12.2. The van der Waals surface area contributed by atoms with Crippen LogP contribution in [-0.4, -0.2) is 18.4 Å². The zero-order valence-corrected chi connectivity index (χ0v) is 14.5. The molecule has 5 heteroatoms. The average Bonchev–Trinajstić information content (AvgIpc) is 2.47. The van der Waals surface area contributed by atoms with Gasteiger partial charge in [0.05, 0.1) is 6.61 Å². The fraction of sp³-hybridized carbons (Fsp3) is 0.125. The number of halogens is 2. The minimum absolute atomic E-state index is 0.329. The van der Waals surface area contributed by atoms with Crippen LogP contribution in [0.4, 0.5) is 0 Å². The van der Waals surface area contributed by atoms with Gasteiger partial charge in [-0.05, 0) is 49.4 Å². The highest BCUT2D eigenvalue weighted by atomic mass is 79.9. The van der Waals surface area contributed by atoms with Gasteiger partial charge in [-0.25, -0.2) is 0 Å². The standard InChI is InChI=1S/C16H13Br2NO2/c1-2-21-16(11-6-8-13(17)9-7-11)19-15(20)12-4-3-5-14(18)10-12/h3-10H,2H2,1H3/b19-16-. The highest BCUT2D eigenvalue weighted by molar-refractivity contribution is 9.10. The van der Waals surface area contributed by atoms with Crippen molar-refractivity contribution >= 4 is 43.7 Å². The van der Waals surface area contributed by atoms with Crippen molar-refractivity contribution in [3.05, 3.63) is 68.6 Å². The lowest BCUT2D eigenvalue weighted by Crippen LogP contribution is -2.10. The summed E-state index contributed by atoms with van der Waals surface area (Å²) in [4.78, 5) is 16.3. The molecule has 0 aromatic heterocycles. The van der Waals surface area contributed by atoms with E-state index in [4.69, 9.17) is 4.74 Å². The number of ether oxygens (including phenoxy) is 1. The molecular weight excluding hydrogens is 398 g/mol. The number of aliphatic imine (C=N–C) groups is 1. The predicted molar refractivity (Wildman–Crippen MR) is 90.8 cm³/mol. The van der Waals surface area contributed by atoms with Crippen molar-refractivity contribution in [3.8, 4) is 0 Å². The topological polar surface area (TPSA) is 38.7 Å². The van der Waals surface area contributed by atoms with E-state index in [1.54, 1.807) is 18.2 Å². The molecule has 0 fully saturated rings. The summed E-state index contributed by atoms with van der Waals surface area (Å²) in [6.07, 6.45) is 0. The molecule has 0 saturated heterocycles. The zero-order valence-electron chi connectivity index (χ0n) is 11.3. The molecule has 0 bridgehead atoms. The van der Waals surface area contributed by atoms with E-state index in [0.29, 0.717) is 18.1 Å². The van der Waals surface area contributed by atoms with E-state index >= 15 is 0 Å². The largest absolute Gasteiger partial charge is 0.477 e. The fourth-order valence-electron chi connectivity index (χ4n) is 1.69. The van der Waals surface area contributed by atoms with Crippen LogP contribution in [-0.2, 0) is 4.74 Å². The number of nitrogens with zero attached hydrogens (tertiary/aromatic N) is 1. The summed E-state index contributed by atoms with van der Waals surface area (Å²) in [7, 11) is 0. The summed E-state index contributed by atoms with van der Waals surface area (Å²) in [5, 5.41) is 0. The van der Waals surface area contributed by atoms with Gasteiger partial charge < -0.3 is 4.74 Å². The monoisotopic (exact) mass is 409 g/mol. The molecule has 0 saturated carbocycles. The van der Waals surface area contributed by atoms with Gasteiger partial charge in [-0.3, -0.25) is 4.79 Å². The fourth-order valence-corrected chi connectivity index (χ4v) is 2.35. The molecule has 0 radical (unpaired) electrons. The van der Waals surface area contributed by atoms with Crippen LogP contribution >= 0.6 is 31.9 Å². The summed E-state index contributed by atoms with van der Waals surface area (Å²) in [5.74, 6) is -0.00218. The minimum Gasteiger partial charge on any atom is -0.477 e. The van der Waals surface area contributed by atoms with Gasteiger partial charge in [0.15, 0.2) is 0 Å². The molecule has 2 aromatic rings. The van der Waals surface area contributed by atoms with Gasteiger partial charge in [-0.1, -0.05) is 37.9 Å². The molecular formula is C16H13Br2NO2. The molecule has 0 aliphatic carbocycles. The lowest BCUT2D eigenvalue weighted by atomic mass is 10.2. The molecule has 0 N–H and O–H groups in total. The van der Waals surface area contributed by atoms with Crippen molar-refractivity contribution in [2.24, 2.45) is 4.99 Å². The van der Waals surface area contributed by atoms with Crippen molar-refractivity contribution in [3.63, 3.8) is 0 Å². The average molecular weight is 411 g/mol. The highest BCUT2D eigenvalue weighted by Gasteiger charge is 2.10. The molecule has 3 nitrogen and oxygen atoms in total. The Labute approximate surface area is 140 Å². The molecule has 0 aliphatic rings. The van der Waals surface area contributed by atoms with Crippen LogP contribution in [0.3, 0.4) is 0 Å². The molecule has 0 spiro atoms. The Kier molecular flexibility index (Phi) is 5.70. The first kappa shape index (κ1) is 15.9. The number of carbonyl (C=O) groups is 1. The molecule has 0 atom stereocenters. The minimum atomic E-state index is -0.331. The Balaban J connectivity index is 2.32. The third kappa shape index (κ3) is 4.51. The van der Waals surface area contributed by atoms with Crippen LogP contribution in [0.1, 0.15) is 22.8 Å². The highest BCUT2D eigenvalue weighted by Crippen LogP contribution is 2.15. The summed E-state index contributed by atoms with van der Waals surface area (Å²) < 4.78 is 7.29. The van der Waals surface area contributed by atoms with Crippen molar-refractivity contribution < 1.29 is 9.53 Å². The Hall–Kier alpha value is -1.46. The van der Waals surface area contributed by atoms with Gasteiger partial charge in [0.1, 0.15) is 0 Å². The van der Waals surface area contributed by atoms with Crippen molar-refractivity contribution in [1.29, 1.82) is 0 Å². The quantitative estimate of drug-likeness (QED) is 0.536. The van der Waals surface area contributed by atoms with Crippen LogP contribution < -0.4 is 0 Å². The first-order chi connectivity index (χ1) is 10.1. The van der Waals surface area contributed by atoms with E-state index in [1.165, 1.54) is 0 Å². The van der Waals surface area contributed by atoms with Crippen molar-refractivity contribution in [2.45, 2.75) is 6.92 Å². The molecule has 0 unspecified atom stereocenters. The van der Waals surface area contributed by atoms with Gasteiger partial charge in [0.2, 0.25) is 5.90 Å². The van der Waals surface area contributed by atoms with Crippen LogP contribution in [0, 0.1) is 0 Å². The molecule has 108 valence electrons. The maximum Gasteiger partial charge on any atom is 0.280 e. The number of carbonyl (C=O) groups excluding carboxylic acids is 1. The van der Waals surface area contributed by atoms with Crippen molar-refractivity contribution in [2.75, 3.05) is 6.61 Å². The Morgan fingerprint density at radius 1 is 1.05 bits per heavy atom. The Morgan fingerprint density at radius 2 is 1.76 bits per heavy atom. The second kappa shape index (κ2) is 7.52. The van der Waals surface area contributed by atoms with Gasteiger partial charge in [0.25, 0.3) is 5.91 Å². The SMILES string of the molecule is CCO/C(=N\C(=O)c1cccc(Br)c1)c1ccc(Br)cc1. The van der Waals surface area contributed by atoms with Crippen LogP contribution in [0.5, 0.6) is 0 Å². The first-order valence-electron chi connectivity index (χ1n) is 6.37. The molecule has 21 heavy (non-hydrogen) atoms. The Bertz CT molecular complexity index is 666. The molecule has 0 heterocycles. The normalized spacial score (nSPS) is 11.3. The number of hydrogen-bond acceptors (Lipinski definition) is 2. The number of benzene rings is 2. The van der Waals surface area contributed by atoms with Crippen LogP contribution in [0.25, 0.3) is 0 Å². The summed E-state index contributed by atoms with van der Waals surface area (Å²) in [5.41, 5.74) is 1.28. The van der Waals surface area contributed by atoms with Gasteiger partial charge >= 0.3 is 0 Å². The molecule has 1 amide bonds. The second-order valence-electron chi connectivity index (χ2n) is 4.17. The molecule has 2 rings (SSSR count). The molecule has 0 aliphatic heterocycles. The predicted octanol–water partition coefficient (Wildman–Crippen LogP) is 4.84. The zero-order chi connectivity index (χ0) is 15.2. The van der Waals surface area contributed by atoms with Gasteiger partial charge in [0, 0.05) is 20.1 Å². The first-order valence-corrected chi connectivity index (χ1v) is 7.96. The van der Waals surface area contributed by atoms with Crippen LogP contribution in [0.2, 0.25) is 0 Å². The summed E-state index contributed by atoms with van der Waals surface area (Å²) in [6.45, 7) is 2.30. The number of hydrogen-bond donors (Lipinski definition) is 0. The summed E-state index contributed by atoms with van der Waals surface area (Å²) in [6, 6.07) is 14.6. The van der Waals surface area contributed by atoms with Gasteiger partial charge in [-0.15, -0.1) is 0 Å².